The van der Waals surface area contributed by atoms with E-state index in [1.54, 1.807) is 11.3 Å². The van der Waals surface area contributed by atoms with Crippen molar-refractivity contribution < 1.29 is 4.79 Å². The van der Waals surface area contributed by atoms with Crippen LogP contribution in [-0.2, 0) is 11.2 Å². The molecule has 2 rings (SSSR count). The minimum absolute atomic E-state index is 0.137. The molecule has 0 saturated carbocycles. The second-order valence-electron chi connectivity index (χ2n) is 4.14. The quantitative estimate of drug-likeness (QED) is 0.880. The zero-order valence-electron chi connectivity index (χ0n) is 10.3. The van der Waals surface area contributed by atoms with Crippen LogP contribution in [0.15, 0.2) is 46.3 Å². The molecule has 0 aliphatic rings. The highest BCUT2D eigenvalue weighted by Gasteiger charge is 2.14. The van der Waals surface area contributed by atoms with Crippen molar-refractivity contribution in [1.29, 1.82) is 0 Å². The van der Waals surface area contributed by atoms with Crippen LogP contribution in [0.25, 0.3) is 0 Å². The smallest absolute Gasteiger partial charge is 0.241 e. The summed E-state index contributed by atoms with van der Waals surface area (Å²) < 4.78 is 1.11. The predicted molar refractivity (Wildman–Crippen MR) is 82.1 cm³/mol. The lowest BCUT2D eigenvalue weighted by Crippen LogP contribution is -2.35. The number of carbonyl (C=O) groups excluding carboxylic acids is 1. The molecule has 1 aromatic heterocycles. The van der Waals surface area contributed by atoms with Gasteiger partial charge in [-0.25, -0.2) is 0 Å². The van der Waals surface area contributed by atoms with E-state index in [-0.39, 0.29) is 5.91 Å². The normalized spacial score (nSPS) is 12.1. The number of benzene rings is 1. The summed E-state index contributed by atoms with van der Waals surface area (Å²) in [5.41, 5.74) is 6.74. The highest BCUT2D eigenvalue weighted by Crippen LogP contribution is 2.22. The molecule has 0 spiro atoms. The van der Waals surface area contributed by atoms with E-state index in [0.29, 0.717) is 6.54 Å². The van der Waals surface area contributed by atoms with Crippen molar-refractivity contribution >= 4 is 33.2 Å². The van der Waals surface area contributed by atoms with Gasteiger partial charge in [-0.05, 0) is 40.0 Å². The van der Waals surface area contributed by atoms with Gasteiger partial charge in [-0.2, -0.15) is 0 Å². The van der Waals surface area contributed by atoms with Crippen molar-refractivity contribution in [1.82, 2.24) is 5.32 Å². The number of hydrogen-bond donors (Lipinski definition) is 2. The van der Waals surface area contributed by atoms with Crippen LogP contribution in [-0.4, -0.2) is 12.5 Å². The number of rotatable bonds is 5. The van der Waals surface area contributed by atoms with Crippen LogP contribution in [0.5, 0.6) is 0 Å². The Labute approximate surface area is 125 Å². The maximum absolute atomic E-state index is 11.9. The number of amides is 1. The van der Waals surface area contributed by atoms with Crippen LogP contribution < -0.4 is 11.1 Å². The van der Waals surface area contributed by atoms with Gasteiger partial charge in [0.25, 0.3) is 0 Å². The van der Waals surface area contributed by atoms with E-state index < -0.39 is 6.04 Å². The number of nitrogens with two attached hydrogens (primary N) is 1. The minimum Gasteiger partial charge on any atom is -0.354 e. The molecule has 19 heavy (non-hydrogen) atoms. The van der Waals surface area contributed by atoms with Crippen molar-refractivity contribution in [2.45, 2.75) is 12.5 Å². The third-order valence-electron chi connectivity index (χ3n) is 2.74. The van der Waals surface area contributed by atoms with E-state index in [1.165, 1.54) is 4.88 Å². The van der Waals surface area contributed by atoms with Crippen molar-refractivity contribution in [2.75, 3.05) is 6.54 Å². The number of carbonyl (C=O) groups is 1. The molecule has 100 valence electrons. The van der Waals surface area contributed by atoms with Crippen molar-refractivity contribution in [3.05, 3.63) is 56.7 Å². The molecule has 0 aliphatic heterocycles. The Kier molecular flexibility index (Phi) is 5.13. The average molecular weight is 339 g/mol. The first kappa shape index (κ1) is 14.2. The van der Waals surface area contributed by atoms with Crippen LogP contribution in [0.2, 0.25) is 0 Å². The van der Waals surface area contributed by atoms with Gasteiger partial charge in [0.15, 0.2) is 0 Å². The molecule has 2 aromatic rings. The molecular weight excluding hydrogens is 324 g/mol. The molecule has 0 aliphatic carbocycles. The zero-order valence-corrected chi connectivity index (χ0v) is 12.7. The number of thiophene rings is 1. The second kappa shape index (κ2) is 6.84. The van der Waals surface area contributed by atoms with Gasteiger partial charge in [0.2, 0.25) is 5.91 Å². The monoisotopic (exact) mass is 338 g/mol. The van der Waals surface area contributed by atoms with Crippen LogP contribution in [0.1, 0.15) is 16.5 Å². The minimum atomic E-state index is -0.601. The molecule has 3 N–H and O–H groups in total. The summed E-state index contributed by atoms with van der Waals surface area (Å²) in [4.78, 5) is 13.1. The summed E-state index contributed by atoms with van der Waals surface area (Å²) in [6.45, 7) is 0.603. The second-order valence-corrected chi connectivity index (χ2v) is 6.68. The Hall–Kier alpha value is -1.17. The van der Waals surface area contributed by atoms with Gasteiger partial charge in [-0.1, -0.05) is 30.3 Å². The van der Waals surface area contributed by atoms with Crippen LogP contribution in [0, 0.1) is 0 Å². The Morgan fingerprint density at radius 3 is 2.63 bits per heavy atom. The molecule has 1 heterocycles. The summed E-state index contributed by atoms with van der Waals surface area (Å²) in [5, 5.41) is 2.87. The molecule has 0 unspecified atom stereocenters. The van der Waals surface area contributed by atoms with E-state index in [1.807, 2.05) is 36.4 Å². The van der Waals surface area contributed by atoms with E-state index in [4.69, 9.17) is 5.73 Å². The van der Waals surface area contributed by atoms with Crippen LogP contribution >= 0.6 is 27.3 Å². The number of hydrogen-bond acceptors (Lipinski definition) is 3. The molecule has 1 amide bonds. The molecule has 5 heteroatoms. The highest BCUT2D eigenvalue weighted by atomic mass is 79.9. The lowest BCUT2D eigenvalue weighted by Gasteiger charge is -2.12. The lowest BCUT2D eigenvalue weighted by molar-refractivity contribution is -0.122. The largest absolute Gasteiger partial charge is 0.354 e. The van der Waals surface area contributed by atoms with Crippen molar-refractivity contribution in [3.63, 3.8) is 0 Å². The predicted octanol–water partition coefficient (Wildman–Crippen LogP) is 2.87. The standard InChI is InChI=1S/C14H15BrN2OS/c15-12-7-6-11(19-12)8-9-17-14(18)13(16)10-4-2-1-3-5-10/h1-7,13H,8-9,16H2,(H,17,18)/t13-/m1/s1. The summed E-state index contributed by atoms with van der Waals surface area (Å²) in [6.07, 6.45) is 0.823. The van der Waals surface area contributed by atoms with Crippen LogP contribution in [0.4, 0.5) is 0 Å². The third kappa shape index (κ3) is 4.16. The average Bonchev–Trinajstić information content (AvgIpc) is 2.84. The van der Waals surface area contributed by atoms with Gasteiger partial charge < -0.3 is 11.1 Å². The summed E-state index contributed by atoms with van der Waals surface area (Å²) in [5.74, 6) is -0.137. The Morgan fingerprint density at radius 1 is 1.26 bits per heavy atom. The zero-order chi connectivity index (χ0) is 13.7. The first-order valence-corrected chi connectivity index (χ1v) is 7.60. The molecule has 3 nitrogen and oxygen atoms in total. The Morgan fingerprint density at radius 2 is 2.00 bits per heavy atom. The van der Waals surface area contributed by atoms with E-state index >= 15 is 0 Å². The lowest BCUT2D eigenvalue weighted by atomic mass is 10.1. The maximum atomic E-state index is 11.9. The number of halogens is 1. The molecule has 1 atom stereocenters. The van der Waals surface area contributed by atoms with Crippen molar-refractivity contribution in [3.8, 4) is 0 Å². The van der Waals surface area contributed by atoms with Gasteiger partial charge in [-0.3, -0.25) is 4.79 Å². The van der Waals surface area contributed by atoms with Gasteiger partial charge in [0, 0.05) is 11.4 Å². The van der Waals surface area contributed by atoms with E-state index in [0.717, 1.165) is 15.8 Å². The molecule has 1 aromatic carbocycles. The molecule has 0 bridgehead atoms. The highest BCUT2D eigenvalue weighted by molar-refractivity contribution is 9.11. The maximum Gasteiger partial charge on any atom is 0.241 e. The van der Waals surface area contributed by atoms with E-state index in [2.05, 4.69) is 27.3 Å². The topological polar surface area (TPSA) is 55.1 Å². The fraction of sp³-hybridized carbons (Fsp3) is 0.214. The summed E-state index contributed by atoms with van der Waals surface area (Å²) in [6, 6.07) is 12.9. The molecular formula is C14H15BrN2OS. The Balaban J connectivity index is 1.81. The SMILES string of the molecule is N[C@@H](C(=O)NCCc1ccc(Br)s1)c1ccccc1. The summed E-state index contributed by atoms with van der Waals surface area (Å²) in [7, 11) is 0. The molecule has 0 saturated heterocycles. The fourth-order valence-electron chi connectivity index (χ4n) is 1.72. The molecule has 0 fully saturated rings. The first-order valence-electron chi connectivity index (χ1n) is 5.99. The van der Waals surface area contributed by atoms with Gasteiger partial charge >= 0.3 is 0 Å². The number of nitrogens with one attached hydrogen (secondary N) is 1. The third-order valence-corrected chi connectivity index (χ3v) is 4.42. The fourth-order valence-corrected chi connectivity index (χ4v) is 3.20. The van der Waals surface area contributed by atoms with Gasteiger partial charge in [0.05, 0.1) is 3.79 Å². The van der Waals surface area contributed by atoms with Gasteiger partial charge in [0.1, 0.15) is 6.04 Å². The van der Waals surface area contributed by atoms with Crippen molar-refractivity contribution in [2.24, 2.45) is 5.73 Å². The molecule has 0 radical (unpaired) electrons. The Bertz CT molecular complexity index is 541. The van der Waals surface area contributed by atoms with E-state index in [9.17, 15) is 4.79 Å². The first-order chi connectivity index (χ1) is 9.16. The van der Waals surface area contributed by atoms with Gasteiger partial charge in [-0.15, -0.1) is 11.3 Å². The van der Waals surface area contributed by atoms with Crippen LogP contribution in [0.3, 0.4) is 0 Å². The summed E-state index contributed by atoms with van der Waals surface area (Å²) >= 11 is 5.10.